The normalized spacial score (nSPS) is 13.5. The minimum absolute atomic E-state index is 0.320. The fraction of sp³-hybridized carbons (Fsp3) is 0.429. The summed E-state index contributed by atoms with van der Waals surface area (Å²) in [6.07, 6.45) is 0.213. The van der Waals surface area contributed by atoms with Gasteiger partial charge < -0.3 is 15.0 Å². The van der Waals surface area contributed by atoms with Crippen LogP contribution >= 0.6 is 0 Å². The molecular weight excluding hydrogens is 242 g/mol. The van der Waals surface area contributed by atoms with Gasteiger partial charge in [0, 0.05) is 19.1 Å². The summed E-state index contributed by atoms with van der Waals surface area (Å²) in [4.78, 5) is 4.36. The molecule has 1 aromatic carbocycles. The van der Waals surface area contributed by atoms with Gasteiger partial charge in [0.1, 0.15) is 6.10 Å². The second-order valence-corrected chi connectivity index (χ2v) is 5.24. The molecule has 1 aromatic heterocycles. The number of rotatable bonds is 5. The number of ether oxygens (including phenoxy) is 1. The Morgan fingerprint density at radius 2 is 2.00 bits per heavy atom. The highest BCUT2D eigenvalue weighted by Crippen LogP contribution is 2.23. The minimum atomic E-state index is -0.376. The van der Waals surface area contributed by atoms with Crippen molar-refractivity contribution >= 4 is 0 Å². The number of methoxy groups -OCH3 is 1. The number of hydrogen-bond acceptors (Lipinski definition) is 5. The van der Waals surface area contributed by atoms with Crippen LogP contribution < -0.4 is 5.73 Å². The molecule has 102 valence electrons. The maximum Gasteiger partial charge on any atom is 0.228 e. The van der Waals surface area contributed by atoms with Crippen LogP contribution in [0.1, 0.15) is 37.2 Å². The van der Waals surface area contributed by atoms with Gasteiger partial charge in [-0.25, -0.2) is 0 Å². The average molecular weight is 261 g/mol. The SMILES string of the molecule is COC(c1ccccc1)c1noc(CC(C)(C)N)n1. The van der Waals surface area contributed by atoms with E-state index in [1.54, 1.807) is 7.11 Å². The summed E-state index contributed by atoms with van der Waals surface area (Å²) < 4.78 is 10.7. The monoisotopic (exact) mass is 261 g/mol. The molecule has 2 N–H and O–H groups in total. The van der Waals surface area contributed by atoms with Crippen LogP contribution in [-0.2, 0) is 11.2 Å². The molecule has 2 aromatic rings. The van der Waals surface area contributed by atoms with Crippen molar-refractivity contribution in [1.82, 2.24) is 10.1 Å². The molecule has 0 spiro atoms. The van der Waals surface area contributed by atoms with E-state index in [4.69, 9.17) is 15.0 Å². The van der Waals surface area contributed by atoms with Crippen LogP contribution in [0.4, 0.5) is 0 Å². The van der Waals surface area contributed by atoms with Crippen LogP contribution in [0.2, 0.25) is 0 Å². The molecule has 0 aliphatic rings. The van der Waals surface area contributed by atoms with E-state index in [9.17, 15) is 0 Å². The second kappa shape index (κ2) is 5.50. The molecule has 0 saturated carbocycles. The minimum Gasteiger partial charge on any atom is -0.369 e. The van der Waals surface area contributed by atoms with Gasteiger partial charge in [-0.05, 0) is 19.4 Å². The first-order chi connectivity index (χ1) is 8.99. The molecule has 0 saturated heterocycles. The molecule has 0 amide bonds. The first-order valence-corrected chi connectivity index (χ1v) is 6.19. The molecule has 19 heavy (non-hydrogen) atoms. The summed E-state index contributed by atoms with van der Waals surface area (Å²) in [5.74, 6) is 1.05. The molecule has 0 aliphatic heterocycles. The summed E-state index contributed by atoms with van der Waals surface area (Å²) in [5, 5.41) is 3.98. The Morgan fingerprint density at radius 1 is 1.32 bits per heavy atom. The molecule has 2 rings (SSSR count). The van der Waals surface area contributed by atoms with Crippen LogP contribution in [0, 0.1) is 0 Å². The lowest BCUT2D eigenvalue weighted by atomic mass is 10.0. The van der Waals surface area contributed by atoms with Crippen LogP contribution in [0.25, 0.3) is 0 Å². The van der Waals surface area contributed by atoms with Gasteiger partial charge in [-0.15, -0.1) is 0 Å². The zero-order valence-corrected chi connectivity index (χ0v) is 11.5. The number of aromatic nitrogens is 2. The Balaban J connectivity index is 2.21. The summed E-state index contributed by atoms with van der Waals surface area (Å²) >= 11 is 0. The Labute approximate surface area is 112 Å². The lowest BCUT2D eigenvalue weighted by molar-refractivity contribution is 0.126. The van der Waals surface area contributed by atoms with E-state index < -0.39 is 0 Å². The van der Waals surface area contributed by atoms with E-state index >= 15 is 0 Å². The number of benzene rings is 1. The molecule has 1 atom stereocenters. The third-order valence-corrected chi connectivity index (χ3v) is 2.66. The van der Waals surface area contributed by atoms with E-state index in [-0.39, 0.29) is 11.6 Å². The molecule has 1 heterocycles. The van der Waals surface area contributed by atoms with E-state index in [0.29, 0.717) is 18.1 Å². The Hall–Kier alpha value is -1.72. The van der Waals surface area contributed by atoms with Crippen molar-refractivity contribution in [3.05, 3.63) is 47.6 Å². The molecule has 0 radical (unpaired) electrons. The number of nitrogens with two attached hydrogens (primary N) is 1. The third-order valence-electron chi connectivity index (χ3n) is 2.66. The number of hydrogen-bond donors (Lipinski definition) is 1. The van der Waals surface area contributed by atoms with Crippen molar-refractivity contribution < 1.29 is 9.26 Å². The smallest absolute Gasteiger partial charge is 0.228 e. The topological polar surface area (TPSA) is 74.2 Å². The zero-order chi connectivity index (χ0) is 13.9. The van der Waals surface area contributed by atoms with Gasteiger partial charge in [0.15, 0.2) is 0 Å². The highest BCUT2D eigenvalue weighted by atomic mass is 16.5. The predicted molar refractivity (Wildman–Crippen MR) is 71.6 cm³/mol. The van der Waals surface area contributed by atoms with E-state index in [1.807, 2.05) is 44.2 Å². The Morgan fingerprint density at radius 3 is 2.58 bits per heavy atom. The van der Waals surface area contributed by atoms with Gasteiger partial charge in [-0.3, -0.25) is 0 Å². The molecule has 0 bridgehead atoms. The van der Waals surface area contributed by atoms with Crippen LogP contribution in [0.5, 0.6) is 0 Å². The van der Waals surface area contributed by atoms with Crippen molar-refractivity contribution in [1.29, 1.82) is 0 Å². The molecule has 5 nitrogen and oxygen atoms in total. The quantitative estimate of drug-likeness (QED) is 0.892. The van der Waals surface area contributed by atoms with Gasteiger partial charge in [-0.1, -0.05) is 35.5 Å². The highest BCUT2D eigenvalue weighted by Gasteiger charge is 2.22. The first-order valence-electron chi connectivity index (χ1n) is 6.19. The fourth-order valence-corrected chi connectivity index (χ4v) is 1.85. The van der Waals surface area contributed by atoms with Crippen molar-refractivity contribution in [3.8, 4) is 0 Å². The van der Waals surface area contributed by atoms with Gasteiger partial charge in [0.2, 0.25) is 11.7 Å². The fourth-order valence-electron chi connectivity index (χ4n) is 1.85. The second-order valence-electron chi connectivity index (χ2n) is 5.24. The molecule has 0 aliphatic carbocycles. The van der Waals surface area contributed by atoms with E-state index in [1.165, 1.54) is 0 Å². The lowest BCUT2D eigenvalue weighted by Gasteiger charge is -2.14. The average Bonchev–Trinajstić information content (AvgIpc) is 2.77. The zero-order valence-electron chi connectivity index (χ0n) is 11.5. The van der Waals surface area contributed by atoms with Crippen LogP contribution in [0.15, 0.2) is 34.9 Å². The highest BCUT2D eigenvalue weighted by molar-refractivity contribution is 5.22. The summed E-state index contributed by atoms with van der Waals surface area (Å²) in [7, 11) is 1.63. The Kier molecular flexibility index (Phi) is 3.97. The standard InChI is InChI=1S/C14H19N3O2/c1-14(2,15)9-11-16-13(17-19-11)12(18-3)10-7-5-4-6-8-10/h4-8,12H,9,15H2,1-3H3. The van der Waals surface area contributed by atoms with Crippen LogP contribution in [-0.4, -0.2) is 22.8 Å². The summed E-state index contributed by atoms with van der Waals surface area (Å²) in [6.45, 7) is 3.84. The van der Waals surface area contributed by atoms with Gasteiger partial charge in [0.05, 0.1) is 0 Å². The summed E-state index contributed by atoms with van der Waals surface area (Å²) in [5.41, 5.74) is 6.55. The van der Waals surface area contributed by atoms with Gasteiger partial charge in [0.25, 0.3) is 0 Å². The predicted octanol–water partition coefficient (Wildman–Crippen LogP) is 2.09. The Bertz CT molecular complexity index is 517. The number of nitrogens with zero attached hydrogens (tertiary/aromatic N) is 2. The summed E-state index contributed by atoms with van der Waals surface area (Å²) in [6, 6.07) is 9.79. The van der Waals surface area contributed by atoms with E-state index in [2.05, 4.69) is 10.1 Å². The largest absolute Gasteiger partial charge is 0.369 e. The van der Waals surface area contributed by atoms with E-state index in [0.717, 1.165) is 5.56 Å². The van der Waals surface area contributed by atoms with Crippen molar-refractivity contribution in [3.63, 3.8) is 0 Å². The van der Waals surface area contributed by atoms with Gasteiger partial charge >= 0.3 is 0 Å². The molecule has 5 heteroatoms. The first kappa shape index (κ1) is 13.7. The van der Waals surface area contributed by atoms with Crippen molar-refractivity contribution in [2.45, 2.75) is 31.9 Å². The van der Waals surface area contributed by atoms with Gasteiger partial charge in [-0.2, -0.15) is 4.98 Å². The van der Waals surface area contributed by atoms with Crippen molar-refractivity contribution in [2.24, 2.45) is 5.73 Å². The van der Waals surface area contributed by atoms with Crippen LogP contribution in [0.3, 0.4) is 0 Å². The third kappa shape index (κ3) is 3.62. The molecule has 0 fully saturated rings. The molecule has 1 unspecified atom stereocenters. The van der Waals surface area contributed by atoms with Crippen molar-refractivity contribution in [2.75, 3.05) is 7.11 Å². The maximum absolute atomic E-state index is 5.94. The molecular formula is C14H19N3O2. The lowest BCUT2D eigenvalue weighted by Crippen LogP contribution is -2.34. The maximum atomic E-state index is 5.94.